The number of amides is 1. The van der Waals surface area contributed by atoms with E-state index in [9.17, 15) is 9.59 Å². The molecule has 0 saturated carbocycles. The maximum absolute atomic E-state index is 13.1. The van der Waals surface area contributed by atoms with Crippen molar-refractivity contribution in [1.29, 1.82) is 0 Å². The lowest BCUT2D eigenvalue weighted by atomic mass is 10.1. The van der Waals surface area contributed by atoms with Gasteiger partial charge in [0.25, 0.3) is 5.91 Å². The van der Waals surface area contributed by atoms with Gasteiger partial charge in [-0.25, -0.2) is 14.8 Å². The quantitative estimate of drug-likeness (QED) is 0.301. The molecule has 1 saturated heterocycles. The third-order valence-electron chi connectivity index (χ3n) is 6.03. The Labute approximate surface area is 212 Å². The number of carbonyl (C=O) groups excluding carboxylic acids is 2. The van der Waals surface area contributed by atoms with E-state index in [0.717, 1.165) is 26.9 Å². The number of morpholine rings is 1. The lowest BCUT2D eigenvalue weighted by molar-refractivity contribution is 0.0303. The number of nitrogens with zero attached hydrogens (tertiary/aromatic N) is 4. The lowest BCUT2D eigenvalue weighted by Crippen LogP contribution is -2.40. The summed E-state index contributed by atoms with van der Waals surface area (Å²) in [6.45, 7) is 2.32. The first-order valence-electron chi connectivity index (χ1n) is 11.2. The zero-order valence-electron chi connectivity index (χ0n) is 19.9. The summed E-state index contributed by atoms with van der Waals surface area (Å²) in [6, 6.07) is 12.9. The first-order valence-corrected chi connectivity index (χ1v) is 12.4. The van der Waals surface area contributed by atoms with Crippen LogP contribution < -0.4 is 0 Å². The van der Waals surface area contributed by atoms with E-state index in [1.54, 1.807) is 36.3 Å². The van der Waals surface area contributed by atoms with Crippen LogP contribution in [0.1, 0.15) is 20.7 Å². The smallest absolute Gasteiger partial charge is 0.337 e. The fourth-order valence-electron chi connectivity index (χ4n) is 4.12. The van der Waals surface area contributed by atoms with Gasteiger partial charge in [0.15, 0.2) is 0 Å². The molecule has 36 heavy (non-hydrogen) atoms. The molecular formula is C26H26N4O5S. The summed E-state index contributed by atoms with van der Waals surface area (Å²) in [5.41, 5.74) is 3.72. The van der Waals surface area contributed by atoms with E-state index in [1.165, 1.54) is 7.11 Å². The molecule has 0 atom stereocenters. The van der Waals surface area contributed by atoms with Crippen molar-refractivity contribution >= 4 is 34.5 Å². The van der Waals surface area contributed by atoms with Crippen LogP contribution in [-0.2, 0) is 9.47 Å². The summed E-state index contributed by atoms with van der Waals surface area (Å²) in [6.07, 6.45) is 7.53. The van der Waals surface area contributed by atoms with E-state index in [2.05, 4.69) is 9.97 Å². The molecule has 1 aliphatic heterocycles. The molecule has 5 rings (SSSR count). The zero-order valence-corrected chi connectivity index (χ0v) is 20.7. The van der Waals surface area contributed by atoms with Crippen LogP contribution in [0.3, 0.4) is 0 Å². The van der Waals surface area contributed by atoms with E-state index < -0.39 is 0 Å². The van der Waals surface area contributed by atoms with Crippen molar-refractivity contribution in [2.75, 3.05) is 39.7 Å². The van der Waals surface area contributed by atoms with Crippen molar-refractivity contribution in [3.8, 4) is 17.1 Å². The number of esters is 1. The van der Waals surface area contributed by atoms with Crippen LogP contribution in [-0.4, -0.2) is 76.5 Å². The van der Waals surface area contributed by atoms with Gasteiger partial charge < -0.3 is 19.8 Å². The first kappa shape index (κ1) is 25.4. The summed E-state index contributed by atoms with van der Waals surface area (Å²) in [4.78, 5) is 36.8. The van der Waals surface area contributed by atoms with Gasteiger partial charge in [0.1, 0.15) is 0 Å². The van der Waals surface area contributed by atoms with E-state index >= 15 is 0 Å². The van der Waals surface area contributed by atoms with Gasteiger partial charge in [-0.3, -0.25) is 9.36 Å². The molecule has 10 heteroatoms. The van der Waals surface area contributed by atoms with Gasteiger partial charge in [-0.1, -0.05) is 18.2 Å². The molecule has 0 spiro atoms. The molecule has 0 bridgehead atoms. The fourth-order valence-corrected chi connectivity index (χ4v) is 4.72. The summed E-state index contributed by atoms with van der Waals surface area (Å²) >= 11 is 1.64. The number of aromatic nitrogens is 3. The van der Waals surface area contributed by atoms with Crippen LogP contribution in [0.25, 0.3) is 28.0 Å². The molecule has 2 N–H and O–H groups in total. The minimum atomic E-state index is -0.376. The summed E-state index contributed by atoms with van der Waals surface area (Å²) in [5.74, 6) is 0.139. The van der Waals surface area contributed by atoms with Gasteiger partial charge in [0, 0.05) is 53.1 Å². The molecule has 0 radical (unpaired) electrons. The SMILES string of the molecule is COC(=O)c1ccc(-c2cnc(-n3cc(SC)c4ccc(C(=O)N5CCOCC5)cc43)nc2)cc1.O. The second-order valence-corrected chi connectivity index (χ2v) is 8.89. The number of carbonyl (C=O) groups is 2. The number of fused-ring (bicyclic) bond motifs is 1. The van der Waals surface area contributed by atoms with Crippen LogP contribution >= 0.6 is 11.8 Å². The second-order valence-electron chi connectivity index (χ2n) is 8.04. The van der Waals surface area contributed by atoms with E-state index in [1.807, 2.05) is 52.3 Å². The molecule has 9 nitrogen and oxygen atoms in total. The Morgan fingerprint density at radius 1 is 0.972 bits per heavy atom. The van der Waals surface area contributed by atoms with Crippen molar-refractivity contribution in [2.45, 2.75) is 4.90 Å². The standard InChI is InChI=1S/C26H24N4O4S.H2O/c1-33-25(32)18-5-3-17(4-6-18)20-14-27-26(28-15-20)30-16-23(35-2)21-8-7-19(13-22(21)30)24(31)29-9-11-34-12-10-29;/h3-8,13-16H,9-12H2,1-2H3;1H2. The van der Waals surface area contributed by atoms with Crippen LogP contribution in [0.5, 0.6) is 0 Å². The number of hydrogen-bond acceptors (Lipinski definition) is 7. The molecule has 1 fully saturated rings. The predicted molar refractivity (Wildman–Crippen MR) is 138 cm³/mol. The topological polar surface area (TPSA) is 118 Å². The van der Waals surface area contributed by atoms with Crippen LogP contribution in [0.4, 0.5) is 0 Å². The third-order valence-corrected chi connectivity index (χ3v) is 6.79. The number of benzene rings is 2. The monoisotopic (exact) mass is 506 g/mol. The highest BCUT2D eigenvalue weighted by atomic mass is 32.2. The van der Waals surface area contributed by atoms with Gasteiger partial charge in [-0.2, -0.15) is 0 Å². The molecule has 2 aromatic heterocycles. The maximum Gasteiger partial charge on any atom is 0.337 e. The highest BCUT2D eigenvalue weighted by Gasteiger charge is 2.20. The van der Waals surface area contributed by atoms with Crippen molar-refractivity contribution in [3.63, 3.8) is 0 Å². The van der Waals surface area contributed by atoms with Crippen molar-refractivity contribution in [2.24, 2.45) is 0 Å². The molecule has 3 heterocycles. The number of hydrogen-bond donors (Lipinski definition) is 0. The number of methoxy groups -OCH3 is 1. The van der Waals surface area contributed by atoms with Gasteiger partial charge in [0.05, 0.1) is 31.4 Å². The normalized spacial score (nSPS) is 13.3. The van der Waals surface area contributed by atoms with E-state index in [4.69, 9.17) is 9.47 Å². The highest BCUT2D eigenvalue weighted by molar-refractivity contribution is 7.98. The molecular weight excluding hydrogens is 480 g/mol. The van der Waals surface area contributed by atoms with E-state index in [0.29, 0.717) is 43.4 Å². The summed E-state index contributed by atoms with van der Waals surface area (Å²) in [7, 11) is 1.36. The predicted octanol–water partition coefficient (Wildman–Crippen LogP) is 3.24. The number of ether oxygens (including phenoxy) is 2. The largest absolute Gasteiger partial charge is 0.465 e. The molecule has 0 aliphatic carbocycles. The molecule has 0 unspecified atom stereocenters. The average molecular weight is 507 g/mol. The highest BCUT2D eigenvalue weighted by Crippen LogP contribution is 2.31. The minimum Gasteiger partial charge on any atom is -0.465 e. The molecule has 1 amide bonds. The Morgan fingerprint density at radius 3 is 2.28 bits per heavy atom. The summed E-state index contributed by atoms with van der Waals surface area (Å²) in [5, 5.41) is 1.04. The van der Waals surface area contributed by atoms with Gasteiger partial charge in [-0.05, 0) is 36.1 Å². The first-order chi connectivity index (χ1) is 17.1. The summed E-state index contributed by atoms with van der Waals surface area (Å²) < 4.78 is 12.0. The lowest BCUT2D eigenvalue weighted by Gasteiger charge is -2.26. The minimum absolute atomic E-state index is 0. The Bertz CT molecular complexity index is 1380. The zero-order chi connectivity index (χ0) is 24.4. The van der Waals surface area contributed by atoms with Gasteiger partial charge in [0.2, 0.25) is 5.95 Å². The maximum atomic E-state index is 13.1. The van der Waals surface area contributed by atoms with Crippen LogP contribution in [0.2, 0.25) is 0 Å². The Kier molecular flexibility index (Phi) is 7.68. The van der Waals surface area contributed by atoms with E-state index in [-0.39, 0.29) is 17.4 Å². The Morgan fingerprint density at radius 2 is 1.64 bits per heavy atom. The second kappa shape index (κ2) is 10.9. The molecule has 186 valence electrons. The number of thioether (sulfide) groups is 1. The van der Waals surface area contributed by atoms with Crippen LogP contribution in [0, 0.1) is 0 Å². The molecule has 4 aromatic rings. The van der Waals surface area contributed by atoms with Crippen molar-refractivity contribution in [3.05, 3.63) is 72.2 Å². The fraction of sp³-hybridized carbons (Fsp3) is 0.231. The van der Waals surface area contributed by atoms with Crippen molar-refractivity contribution in [1.82, 2.24) is 19.4 Å². The number of rotatable bonds is 5. The molecule has 2 aromatic carbocycles. The Hall–Kier alpha value is -3.73. The van der Waals surface area contributed by atoms with Gasteiger partial charge in [-0.15, -0.1) is 11.8 Å². The van der Waals surface area contributed by atoms with Gasteiger partial charge >= 0.3 is 5.97 Å². The van der Waals surface area contributed by atoms with Crippen LogP contribution in [0.15, 0.2) is 66.0 Å². The molecule has 1 aliphatic rings. The Balaban J connectivity index is 0.00000304. The average Bonchev–Trinajstić information content (AvgIpc) is 3.31. The van der Waals surface area contributed by atoms with Crippen molar-refractivity contribution < 1.29 is 24.5 Å². The third kappa shape index (κ3) is 4.83.